The lowest BCUT2D eigenvalue weighted by molar-refractivity contribution is 0.206. The Morgan fingerprint density at radius 1 is 0.857 bits per heavy atom. The molecule has 0 unspecified atom stereocenters. The molecule has 0 spiro atoms. The molecule has 72 valence electrons. The first-order valence-electron chi connectivity index (χ1n) is 4.22. The van der Waals surface area contributed by atoms with Crippen molar-refractivity contribution in [3.8, 4) is 0 Å². The highest BCUT2D eigenvalue weighted by molar-refractivity contribution is 7.81. The first-order chi connectivity index (χ1) is 6.79. The molecule has 2 rings (SSSR count). The van der Waals surface area contributed by atoms with Crippen LogP contribution in [0.5, 0.6) is 0 Å². The van der Waals surface area contributed by atoms with Crippen molar-refractivity contribution >= 4 is 34.5 Å². The summed E-state index contributed by atoms with van der Waals surface area (Å²) in [6.07, 6.45) is 0. The van der Waals surface area contributed by atoms with Crippen molar-refractivity contribution in [1.82, 2.24) is 0 Å². The first kappa shape index (κ1) is 9.55. The van der Waals surface area contributed by atoms with E-state index in [1.54, 1.807) is 0 Å². The zero-order chi connectivity index (χ0) is 9.97. The number of benzene rings is 1. The lowest BCUT2D eigenvalue weighted by atomic mass is 10.1. The molecule has 0 amide bonds. The summed E-state index contributed by atoms with van der Waals surface area (Å²) in [6, 6.07) is 7.58. The summed E-state index contributed by atoms with van der Waals surface area (Å²) in [7, 11) is 0. The number of hydrogen-bond donors (Lipinski definition) is 0. The van der Waals surface area contributed by atoms with Crippen LogP contribution in [0.4, 0.5) is 0 Å². The molecule has 1 aliphatic rings. The smallest absolute Gasteiger partial charge is 0.192 e. The quantitative estimate of drug-likeness (QED) is 0.628. The Hall–Kier alpha value is -1.00. The molecule has 0 aliphatic carbocycles. The number of hydrogen-bond acceptors (Lipinski definition) is 4. The van der Waals surface area contributed by atoms with Crippen LogP contribution in [0.25, 0.3) is 0 Å². The van der Waals surface area contributed by atoms with Gasteiger partial charge in [-0.15, -0.1) is 0 Å². The summed E-state index contributed by atoms with van der Waals surface area (Å²) in [5.41, 5.74) is 1.68. The number of ether oxygens (including phenoxy) is 2. The maximum absolute atomic E-state index is 5.30. The normalized spacial score (nSPS) is 16.0. The van der Waals surface area contributed by atoms with E-state index < -0.39 is 0 Å². The Balaban J connectivity index is 2.49. The van der Waals surface area contributed by atoms with Crippen LogP contribution in [-0.2, 0) is 9.47 Å². The molecule has 1 aliphatic heterocycles. The fourth-order valence-corrected chi connectivity index (χ4v) is 1.79. The van der Waals surface area contributed by atoms with E-state index in [9.17, 15) is 0 Å². The van der Waals surface area contributed by atoms with Gasteiger partial charge in [-0.1, -0.05) is 12.1 Å². The monoisotopic (exact) mass is 224 g/mol. The van der Waals surface area contributed by atoms with Crippen LogP contribution < -0.4 is 0 Å². The summed E-state index contributed by atoms with van der Waals surface area (Å²) in [4.78, 5) is 0. The minimum absolute atomic E-state index is 0.452. The molecule has 0 saturated carbocycles. The predicted molar refractivity (Wildman–Crippen MR) is 61.7 cm³/mol. The van der Waals surface area contributed by atoms with Gasteiger partial charge in [-0.05, 0) is 36.6 Å². The molecule has 0 radical (unpaired) electrons. The molecule has 0 saturated heterocycles. The average molecular weight is 224 g/mol. The molecule has 1 aromatic carbocycles. The second-order valence-corrected chi connectivity index (χ2v) is 3.56. The third kappa shape index (κ3) is 1.76. The Labute approximate surface area is 92.8 Å². The van der Waals surface area contributed by atoms with Gasteiger partial charge in [0.15, 0.2) is 10.1 Å². The average Bonchev–Trinajstić information content (AvgIpc) is 2.22. The van der Waals surface area contributed by atoms with Crippen molar-refractivity contribution in [3.05, 3.63) is 35.4 Å². The van der Waals surface area contributed by atoms with Crippen LogP contribution in [0.3, 0.4) is 0 Å². The van der Waals surface area contributed by atoms with Gasteiger partial charge in [-0.2, -0.15) is 0 Å². The van der Waals surface area contributed by atoms with Crippen molar-refractivity contribution in [2.24, 2.45) is 0 Å². The molecule has 1 aromatic rings. The number of thiocarbonyl (C=S) groups is 2. The molecule has 0 fully saturated rings. The molecule has 1 heterocycles. The largest absolute Gasteiger partial charge is 0.479 e. The molecule has 14 heavy (non-hydrogen) atoms. The Kier molecular flexibility index (Phi) is 2.74. The Morgan fingerprint density at radius 2 is 1.29 bits per heavy atom. The highest BCUT2D eigenvalue weighted by atomic mass is 32.1. The van der Waals surface area contributed by atoms with Gasteiger partial charge in [-0.3, -0.25) is 0 Å². The van der Waals surface area contributed by atoms with Gasteiger partial charge < -0.3 is 9.47 Å². The molecule has 0 atom stereocenters. The van der Waals surface area contributed by atoms with Crippen LogP contribution in [0, 0.1) is 0 Å². The van der Waals surface area contributed by atoms with Gasteiger partial charge in [0, 0.05) is 11.1 Å². The van der Waals surface area contributed by atoms with Crippen molar-refractivity contribution in [2.45, 2.75) is 0 Å². The van der Waals surface area contributed by atoms with Gasteiger partial charge in [0.25, 0.3) is 0 Å². The fourth-order valence-electron chi connectivity index (χ4n) is 1.26. The minimum atomic E-state index is 0.452. The summed E-state index contributed by atoms with van der Waals surface area (Å²) in [5, 5.41) is 0.984. The van der Waals surface area contributed by atoms with Crippen LogP contribution in [0.2, 0.25) is 0 Å². The van der Waals surface area contributed by atoms with E-state index >= 15 is 0 Å². The van der Waals surface area contributed by atoms with Crippen LogP contribution in [0.1, 0.15) is 11.1 Å². The number of fused-ring (bicyclic) bond motifs is 1. The highest BCUT2D eigenvalue weighted by Gasteiger charge is 2.15. The third-order valence-electron chi connectivity index (χ3n) is 1.92. The predicted octanol–water partition coefficient (Wildman–Crippen LogP) is 2.08. The van der Waals surface area contributed by atoms with Crippen molar-refractivity contribution in [1.29, 1.82) is 0 Å². The minimum Gasteiger partial charge on any atom is -0.479 e. The van der Waals surface area contributed by atoms with Gasteiger partial charge >= 0.3 is 0 Å². The Bertz CT molecular complexity index is 350. The van der Waals surface area contributed by atoms with Gasteiger partial charge in [0.05, 0.1) is 0 Å². The Morgan fingerprint density at radius 3 is 1.71 bits per heavy atom. The molecular formula is C10H8O2S2. The molecule has 2 nitrogen and oxygen atoms in total. The van der Waals surface area contributed by atoms with E-state index in [1.165, 1.54) is 0 Å². The van der Waals surface area contributed by atoms with E-state index in [0.29, 0.717) is 23.3 Å². The molecule has 0 bridgehead atoms. The molecule has 0 N–H and O–H groups in total. The van der Waals surface area contributed by atoms with Crippen molar-refractivity contribution < 1.29 is 9.47 Å². The summed E-state index contributed by atoms with van der Waals surface area (Å²) in [6.45, 7) is 0.903. The summed E-state index contributed by atoms with van der Waals surface area (Å²) < 4.78 is 10.6. The lowest BCUT2D eigenvalue weighted by Crippen LogP contribution is -2.20. The van der Waals surface area contributed by atoms with E-state index in [2.05, 4.69) is 0 Å². The van der Waals surface area contributed by atoms with E-state index in [4.69, 9.17) is 33.9 Å². The zero-order valence-electron chi connectivity index (χ0n) is 7.36. The van der Waals surface area contributed by atoms with Gasteiger partial charge in [-0.25, -0.2) is 0 Å². The maximum atomic E-state index is 5.30. The first-order valence-corrected chi connectivity index (χ1v) is 5.04. The fraction of sp³-hybridized carbons (Fsp3) is 0.200. The zero-order valence-corrected chi connectivity index (χ0v) is 8.99. The third-order valence-corrected chi connectivity index (χ3v) is 2.59. The summed E-state index contributed by atoms with van der Waals surface area (Å²) in [5.74, 6) is 0. The SMILES string of the molecule is S=C1OCCOC(=S)c2ccccc21. The second kappa shape index (κ2) is 4.02. The molecule has 0 aromatic heterocycles. The standard InChI is InChI=1S/C10H8O2S2/c13-9-7-3-1-2-4-8(7)10(14)12-6-5-11-9/h1-4H,5-6H2. The van der Waals surface area contributed by atoms with E-state index in [0.717, 1.165) is 11.1 Å². The van der Waals surface area contributed by atoms with Crippen LogP contribution in [0.15, 0.2) is 24.3 Å². The van der Waals surface area contributed by atoms with E-state index in [1.807, 2.05) is 24.3 Å². The second-order valence-electron chi connectivity index (χ2n) is 2.82. The molecule has 4 heteroatoms. The van der Waals surface area contributed by atoms with Crippen LogP contribution >= 0.6 is 24.4 Å². The topological polar surface area (TPSA) is 18.5 Å². The van der Waals surface area contributed by atoms with Crippen molar-refractivity contribution in [3.63, 3.8) is 0 Å². The number of rotatable bonds is 0. The summed E-state index contributed by atoms with van der Waals surface area (Å²) >= 11 is 10.2. The highest BCUT2D eigenvalue weighted by Crippen LogP contribution is 2.15. The van der Waals surface area contributed by atoms with Crippen molar-refractivity contribution in [2.75, 3.05) is 13.2 Å². The molecular weight excluding hydrogens is 216 g/mol. The van der Waals surface area contributed by atoms with Gasteiger partial charge in [0.2, 0.25) is 0 Å². The maximum Gasteiger partial charge on any atom is 0.192 e. The lowest BCUT2D eigenvalue weighted by Gasteiger charge is -2.17. The van der Waals surface area contributed by atoms with Crippen LogP contribution in [-0.4, -0.2) is 23.3 Å². The van der Waals surface area contributed by atoms with Gasteiger partial charge in [0.1, 0.15) is 13.2 Å². The van der Waals surface area contributed by atoms with E-state index in [-0.39, 0.29) is 0 Å².